The Morgan fingerprint density at radius 2 is 2.00 bits per heavy atom. The summed E-state index contributed by atoms with van der Waals surface area (Å²) < 4.78 is 7.34. The molecule has 2 N–H and O–H groups in total. The number of aryl methyl sites for hydroxylation is 1. The molecule has 1 heterocycles. The van der Waals surface area contributed by atoms with Crippen LogP contribution >= 0.6 is 0 Å². The molecule has 0 atom stereocenters. The third kappa shape index (κ3) is 3.07. The van der Waals surface area contributed by atoms with E-state index in [1.165, 1.54) is 0 Å². The van der Waals surface area contributed by atoms with Gasteiger partial charge in [-0.3, -0.25) is 4.68 Å². The summed E-state index contributed by atoms with van der Waals surface area (Å²) in [5.74, 6) is 0. The Hall–Kier alpha value is -0.805. The van der Waals surface area contributed by atoms with Crippen LogP contribution in [0.5, 0.6) is 0 Å². The summed E-state index contributed by atoms with van der Waals surface area (Å²) in [5.41, 5.74) is -0.260. The van der Waals surface area contributed by atoms with Crippen molar-refractivity contribution in [3.8, 4) is 0 Å². The fourth-order valence-corrected chi connectivity index (χ4v) is 0.864. The van der Waals surface area contributed by atoms with Crippen molar-refractivity contribution in [3.63, 3.8) is 0 Å². The van der Waals surface area contributed by atoms with Gasteiger partial charge in [0.05, 0.1) is 0 Å². The molecule has 0 bridgehead atoms. The van der Waals surface area contributed by atoms with Crippen LogP contribution < -0.4 is 5.46 Å². The third-order valence-corrected chi connectivity index (χ3v) is 2.72. The molecule has 0 aliphatic rings. The zero-order valence-corrected chi connectivity index (χ0v) is 10.0. The van der Waals surface area contributed by atoms with Crippen LogP contribution in [0.25, 0.3) is 0 Å². The van der Waals surface area contributed by atoms with Gasteiger partial charge in [-0.25, -0.2) is 0 Å². The van der Waals surface area contributed by atoms with E-state index < -0.39 is 11.2 Å². The van der Waals surface area contributed by atoms with Crippen LogP contribution in [-0.4, -0.2) is 33.6 Å². The van der Waals surface area contributed by atoms with E-state index in [0.29, 0.717) is 0 Å². The quantitative estimate of drug-likeness (QED) is 0.517. The van der Waals surface area contributed by atoms with Crippen molar-refractivity contribution in [2.45, 2.75) is 38.9 Å². The fourth-order valence-electron chi connectivity index (χ4n) is 0.864. The Morgan fingerprint density at radius 3 is 2.40 bits per heavy atom. The molecule has 0 unspecified atom stereocenters. The molecule has 0 aliphatic heterocycles. The minimum absolute atomic E-state index is 0.525. The maximum absolute atomic E-state index is 7.94. The minimum Gasteiger partial charge on any atom is -0.439 e. The van der Waals surface area contributed by atoms with E-state index in [2.05, 4.69) is 5.10 Å². The van der Waals surface area contributed by atoms with E-state index in [-0.39, 0.29) is 0 Å². The van der Waals surface area contributed by atoms with E-state index in [4.69, 9.17) is 9.76 Å². The van der Waals surface area contributed by atoms with Crippen LogP contribution in [0.2, 0.25) is 0 Å². The fraction of sp³-hybridized carbons (Fsp3) is 0.700. The van der Waals surface area contributed by atoms with Gasteiger partial charge in [-0.15, -0.1) is 0 Å². The van der Waals surface area contributed by atoms with Gasteiger partial charge in [0.15, 0.2) is 5.60 Å². The van der Waals surface area contributed by atoms with Crippen molar-refractivity contribution in [2.24, 2.45) is 7.05 Å². The summed E-state index contributed by atoms with van der Waals surface area (Å²) in [5, 5.41) is 12.0. The number of hydrogen-bond donors (Lipinski definition) is 0. The van der Waals surface area contributed by atoms with Crippen molar-refractivity contribution >= 4 is 12.9 Å². The average molecular weight is 210 g/mol. The summed E-state index contributed by atoms with van der Waals surface area (Å²) >= 11 is 0. The van der Waals surface area contributed by atoms with Gasteiger partial charge in [0.25, 0.3) is 0 Å². The second kappa shape index (κ2) is 3.98. The van der Waals surface area contributed by atoms with E-state index in [0.717, 1.165) is 5.46 Å². The van der Waals surface area contributed by atoms with Crippen LogP contribution in [0.3, 0.4) is 0 Å². The SMILES string of the molecule is Cn1cc([B]OC(C)(C)C(C)(C)[OH2+])cn1. The molecule has 1 radical (unpaired) electrons. The maximum Gasteiger partial charge on any atom is 0.334 e. The Labute approximate surface area is 91.5 Å². The molecule has 1 aromatic heterocycles. The molecule has 1 rings (SSSR count). The molecule has 0 spiro atoms. The zero-order valence-electron chi connectivity index (χ0n) is 10.0. The second-order valence-corrected chi connectivity index (χ2v) is 4.82. The number of rotatable bonds is 4. The molecule has 0 saturated heterocycles. The molecule has 1 aromatic rings. The summed E-state index contributed by atoms with van der Waals surface area (Å²) in [4.78, 5) is 0. The summed E-state index contributed by atoms with van der Waals surface area (Å²) in [6, 6.07) is 0. The molecule has 83 valence electrons. The molecule has 0 aliphatic carbocycles. The number of hydrogen-bond acceptors (Lipinski definition) is 2. The van der Waals surface area contributed by atoms with Crippen molar-refractivity contribution in [2.75, 3.05) is 0 Å². The highest BCUT2D eigenvalue weighted by Gasteiger charge is 2.40. The lowest BCUT2D eigenvalue weighted by Gasteiger charge is -2.33. The van der Waals surface area contributed by atoms with Gasteiger partial charge in [0.1, 0.15) is 5.60 Å². The normalized spacial score (nSPS) is 12.9. The van der Waals surface area contributed by atoms with Gasteiger partial charge in [0, 0.05) is 33.3 Å². The number of aromatic nitrogens is 2. The summed E-state index contributed by atoms with van der Waals surface area (Å²) in [7, 11) is 3.51. The predicted molar refractivity (Wildman–Crippen MR) is 61.5 cm³/mol. The molecule has 0 aromatic carbocycles. The van der Waals surface area contributed by atoms with Crippen LogP contribution in [0.4, 0.5) is 0 Å². The van der Waals surface area contributed by atoms with E-state index in [9.17, 15) is 0 Å². The summed E-state index contributed by atoms with van der Waals surface area (Å²) in [6.07, 6.45) is 3.60. The lowest BCUT2D eigenvalue weighted by Crippen LogP contribution is -2.49. The van der Waals surface area contributed by atoms with Crippen LogP contribution in [0.15, 0.2) is 12.4 Å². The van der Waals surface area contributed by atoms with E-state index >= 15 is 0 Å². The molecule has 0 fully saturated rings. The first-order chi connectivity index (χ1) is 6.72. The predicted octanol–water partition coefficient (Wildman–Crippen LogP) is -0.0370. The minimum atomic E-state index is -0.647. The first kappa shape index (κ1) is 12.3. The topological polar surface area (TPSA) is 50.0 Å². The van der Waals surface area contributed by atoms with Gasteiger partial charge in [-0.2, -0.15) is 5.10 Å². The zero-order chi connectivity index (χ0) is 11.7. The largest absolute Gasteiger partial charge is 0.439 e. The van der Waals surface area contributed by atoms with Gasteiger partial charge in [-0.05, 0) is 19.3 Å². The molecule has 15 heavy (non-hydrogen) atoms. The van der Waals surface area contributed by atoms with Gasteiger partial charge >= 0.3 is 7.48 Å². The maximum atomic E-state index is 7.94. The van der Waals surface area contributed by atoms with Crippen molar-refractivity contribution in [3.05, 3.63) is 12.4 Å². The van der Waals surface area contributed by atoms with E-state index in [1.54, 1.807) is 18.4 Å². The Kier molecular flexibility index (Phi) is 3.26. The Morgan fingerprint density at radius 1 is 1.40 bits per heavy atom. The number of nitrogens with zero attached hydrogens (tertiary/aromatic N) is 2. The first-order valence-corrected chi connectivity index (χ1v) is 4.97. The highest BCUT2D eigenvalue weighted by atomic mass is 16.5. The molecule has 4 nitrogen and oxygen atoms in total. The Balaban J connectivity index is 2.57. The van der Waals surface area contributed by atoms with Crippen molar-refractivity contribution in [1.29, 1.82) is 0 Å². The van der Waals surface area contributed by atoms with Crippen molar-refractivity contribution in [1.82, 2.24) is 9.78 Å². The molecular formula is C10H19BN2O2+. The lowest BCUT2D eigenvalue weighted by molar-refractivity contribution is -0.0893. The van der Waals surface area contributed by atoms with Gasteiger partial charge in [0.2, 0.25) is 0 Å². The highest BCUT2D eigenvalue weighted by Crippen LogP contribution is 2.24. The van der Waals surface area contributed by atoms with Crippen molar-refractivity contribution < 1.29 is 9.76 Å². The standard InChI is InChI=1S/C10H18BN2O2/c1-9(2,14)10(3,4)15-11-8-6-12-13(5)7-8/h6-7,14H,1-5H3/p+1. The second-order valence-electron chi connectivity index (χ2n) is 4.82. The molecular weight excluding hydrogens is 191 g/mol. The van der Waals surface area contributed by atoms with E-state index in [1.807, 2.05) is 40.9 Å². The smallest absolute Gasteiger partial charge is 0.334 e. The highest BCUT2D eigenvalue weighted by molar-refractivity contribution is 6.46. The molecule has 0 saturated carbocycles. The average Bonchev–Trinajstić information content (AvgIpc) is 2.46. The molecule has 0 amide bonds. The first-order valence-electron chi connectivity index (χ1n) is 4.97. The Bertz CT molecular complexity index is 328. The lowest BCUT2D eigenvalue weighted by atomic mass is 9.84. The van der Waals surface area contributed by atoms with Crippen LogP contribution in [0.1, 0.15) is 27.7 Å². The van der Waals surface area contributed by atoms with Crippen LogP contribution in [-0.2, 0) is 11.7 Å². The summed E-state index contributed by atoms with van der Waals surface area (Å²) in [6.45, 7) is 7.49. The van der Waals surface area contributed by atoms with Gasteiger partial charge in [-0.1, -0.05) is 0 Å². The molecule has 5 heteroatoms. The monoisotopic (exact) mass is 210 g/mol. The van der Waals surface area contributed by atoms with Crippen LogP contribution in [0, 0.1) is 0 Å². The third-order valence-electron chi connectivity index (χ3n) is 2.72. The van der Waals surface area contributed by atoms with Gasteiger partial charge < -0.3 is 9.76 Å².